The highest BCUT2D eigenvalue weighted by atomic mass is 16.5. The monoisotopic (exact) mass is 274 g/mol. The molecule has 1 aliphatic heterocycles. The fourth-order valence-electron chi connectivity index (χ4n) is 3.20. The fraction of sp³-hybridized carbons (Fsp3) is 0.562. The van der Waals surface area contributed by atoms with Gasteiger partial charge in [-0.05, 0) is 48.9 Å². The average Bonchev–Trinajstić information content (AvgIpc) is 2.82. The van der Waals surface area contributed by atoms with E-state index < -0.39 is 5.54 Å². The highest BCUT2D eigenvalue weighted by molar-refractivity contribution is 5.90. The van der Waals surface area contributed by atoms with Gasteiger partial charge in [0.15, 0.2) is 0 Å². The molecule has 0 aromatic heterocycles. The third-order valence-electron chi connectivity index (χ3n) is 4.33. The number of ether oxygens (including phenoxy) is 1. The Morgan fingerprint density at radius 2 is 2.30 bits per heavy atom. The number of carbonyl (C=O) groups excluding carboxylic acids is 1. The molecule has 0 radical (unpaired) electrons. The van der Waals surface area contributed by atoms with Crippen LogP contribution in [0.2, 0.25) is 0 Å². The third kappa shape index (κ3) is 2.18. The zero-order chi connectivity index (χ0) is 14.0. The minimum absolute atomic E-state index is 0.101. The lowest BCUT2D eigenvalue weighted by Crippen LogP contribution is -2.45. The molecule has 2 aliphatic rings. The van der Waals surface area contributed by atoms with Crippen LogP contribution in [0.5, 0.6) is 5.75 Å². The minimum atomic E-state index is -0.530. The number of carbonyl (C=O) groups is 1. The van der Waals surface area contributed by atoms with Crippen LogP contribution >= 0.6 is 0 Å². The molecule has 20 heavy (non-hydrogen) atoms. The van der Waals surface area contributed by atoms with Crippen molar-refractivity contribution in [1.82, 2.24) is 10.6 Å². The van der Waals surface area contributed by atoms with Crippen molar-refractivity contribution < 1.29 is 9.53 Å². The third-order valence-corrected chi connectivity index (χ3v) is 4.33. The zero-order valence-corrected chi connectivity index (χ0v) is 12.0. The molecule has 2 N–H and O–H groups in total. The Morgan fingerprint density at radius 1 is 1.40 bits per heavy atom. The molecule has 1 heterocycles. The fourth-order valence-corrected chi connectivity index (χ4v) is 3.20. The van der Waals surface area contributed by atoms with Gasteiger partial charge in [-0.2, -0.15) is 0 Å². The topological polar surface area (TPSA) is 50.4 Å². The van der Waals surface area contributed by atoms with Crippen molar-refractivity contribution in [2.45, 2.75) is 44.6 Å². The standard InChI is InChI=1S/C16H22N2O2/c1-2-3-9-20-13-7-6-12-5-4-8-16(14(12)10-13)15(19)17-11-18-16/h6-7,10,18H,2-5,8-9,11H2,1H3,(H,17,19). The van der Waals surface area contributed by atoms with Crippen LogP contribution in [0.4, 0.5) is 0 Å². The van der Waals surface area contributed by atoms with Gasteiger partial charge in [-0.1, -0.05) is 19.4 Å². The largest absolute Gasteiger partial charge is 0.494 e. The van der Waals surface area contributed by atoms with Crippen LogP contribution in [0.25, 0.3) is 0 Å². The summed E-state index contributed by atoms with van der Waals surface area (Å²) < 4.78 is 5.79. The van der Waals surface area contributed by atoms with E-state index in [9.17, 15) is 4.79 Å². The lowest BCUT2D eigenvalue weighted by atomic mass is 9.76. The van der Waals surface area contributed by atoms with Crippen molar-refractivity contribution in [2.75, 3.05) is 13.3 Å². The Kier molecular flexibility index (Phi) is 3.66. The summed E-state index contributed by atoms with van der Waals surface area (Å²) >= 11 is 0. The molecule has 1 fully saturated rings. The number of rotatable bonds is 4. The van der Waals surface area contributed by atoms with Crippen LogP contribution in [0.1, 0.15) is 43.7 Å². The number of amides is 1. The normalized spacial score (nSPS) is 24.6. The minimum Gasteiger partial charge on any atom is -0.494 e. The lowest BCUT2D eigenvalue weighted by Gasteiger charge is -2.33. The van der Waals surface area contributed by atoms with Gasteiger partial charge in [-0.25, -0.2) is 0 Å². The summed E-state index contributed by atoms with van der Waals surface area (Å²) in [5.74, 6) is 0.976. The number of hydrogen-bond acceptors (Lipinski definition) is 3. The summed E-state index contributed by atoms with van der Waals surface area (Å²) in [6.07, 6.45) is 5.13. The quantitative estimate of drug-likeness (QED) is 0.826. The maximum atomic E-state index is 12.3. The summed E-state index contributed by atoms with van der Waals surface area (Å²) in [4.78, 5) is 12.3. The van der Waals surface area contributed by atoms with Gasteiger partial charge in [0, 0.05) is 0 Å². The van der Waals surface area contributed by atoms with Gasteiger partial charge in [0.1, 0.15) is 11.3 Å². The van der Waals surface area contributed by atoms with Crippen LogP contribution in [0, 0.1) is 0 Å². The van der Waals surface area contributed by atoms with E-state index in [0.717, 1.165) is 50.0 Å². The predicted octanol–water partition coefficient (Wildman–Crippen LogP) is 2.07. The first kappa shape index (κ1) is 13.4. The molecule has 1 aromatic carbocycles. The van der Waals surface area contributed by atoms with Gasteiger partial charge in [-0.3, -0.25) is 10.1 Å². The number of hydrogen-bond donors (Lipinski definition) is 2. The molecular formula is C16H22N2O2. The Bertz CT molecular complexity index is 515. The summed E-state index contributed by atoms with van der Waals surface area (Å²) in [6, 6.07) is 6.20. The summed E-state index contributed by atoms with van der Waals surface area (Å²) in [5, 5.41) is 6.26. The van der Waals surface area contributed by atoms with Crippen molar-refractivity contribution in [3.63, 3.8) is 0 Å². The second kappa shape index (κ2) is 5.44. The summed E-state index contributed by atoms with van der Waals surface area (Å²) in [5.41, 5.74) is 1.84. The molecular weight excluding hydrogens is 252 g/mol. The zero-order valence-electron chi connectivity index (χ0n) is 12.0. The van der Waals surface area contributed by atoms with E-state index in [4.69, 9.17) is 4.74 Å². The second-order valence-electron chi connectivity index (χ2n) is 5.64. The van der Waals surface area contributed by atoms with E-state index in [0.29, 0.717) is 6.67 Å². The molecule has 4 nitrogen and oxygen atoms in total. The average molecular weight is 274 g/mol. The van der Waals surface area contributed by atoms with E-state index >= 15 is 0 Å². The van der Waals surface area contributed by atoms with Crippen LogP contribution in [0.15, 0.2) is 18.2 Å². The number of unbranched alkanes of at least 4 members (excludes halogenated alkanes) is 1. The van der Waals surface area contributed by atoms with Gasteiger partial charge in [0.25, 0.3) is 0 Å². The highest BCUT2D eigenvalue weighted by Gasteiger charge is 2.46. The van der Waals surface area contributed by atoms with Gasteiger partial charge < -0.3 is 10.1 Å². The Balaban J connectivity index is 1.91. The van der Waals surface area contributed by atoms with Crippen LogP contribution in [0.3, 0.4) is 0 Å². The van der Waals surface area contributed by atoms with Gasteiger partial charge >= 0.3 is 0 Å². The van der Waals surface area contributed by atoms with Gasteiger partial charge in [0.05, 0.1) is 13.3 Å². The maximum Gasteiger partial charge on any atom is 0.245 e. The van der Waals surface area contributed by atoms with Crippen LogP contribution < -0.4 is 15.4 Å². The first-order chi connectivity index (χ1) is 9.76. The van der Waals surface area contributed by atoms with Gasteiger partial charge in [-0.15, -0.1) is 0 Å². The molecule has 1 amide bonds. The molecule has 1 aliphatic carbocycles. The van der Waals surface area contributed by atoms with Crippen molar-refractivity contribution in [3.05, 3.63) is 29.3 Å². The SMILES string of the molecule is CCCCOc1ccc2c(c1)C1(CCC2)NCNC1=O. The van der Waals surface area contributed by atoms with Gasteiger partial charge in [0.2, 0.25) is 5.91 Å². The summed E-state index contributed by atoms with van der Waals surface area (Å²) in [7, 11) is 0. The van der Waals surface area contributed by atoms with Crippen molar-refractivity contribution in [2.24, 2.45) is 0 Å². The van der Waals surface area contributed by atoms with Crippen LogP contribution in [-0.4, -0.2) is 19.2 Å². The van der Waals surface area contributed by atoms with Crippen molar-refractivity contribution in [1.29, 1.82) is 0 Å². The highest BCUT2D eigenvalue weighted by Crippen LogP contribution is 2.38. The second-order valence-corrected chi connectivity index (χ2v) is 5.64. The molecule has 0 bridgehead atoms. The predicted molar refractivity (Wildman–Crippen MR) is 77.6 cm³/mol. The van der Waals surface area contributed by atoms with Crippen LogP contribution in [-0.2, 0) is 16.8 Å². The van der Waals surface area contributed by atoms with E-state index in [1.807, 2.05) is 6.07 Å². The van der Waals surface area contributed by atoms with E-state index in [2.05, 4.69) is 29.7 Å². The molecule has 4 heteroatoms. The molecule has 1 atom stereocenters. The molecule has 0 saturated carbocycles. The molecule has 1 spiro atoms. The number of nitrogens with one attached hydrogen (secondary N) is 2. The van der Waals surface area contributed by atoms with E-state index in [1.54, 1.807) is 0 Å². The Hall–Kier alpha value is -1.55. The molecule has 1 saturated heterocycles. The lowest BCUT2D eigenvalue weighted by molar-refractivity contribution is -0.124. The maximum absolute atomic E-state index is 12.3. The van der Waals surface area contributed by atoms with Crippen molar-refractivity contribution >= 4 is 5.91 Å². The first-order valence-electron chi connectivity index (χ1n) is 7.56. The number of benzene rings is 1. The molecule has 1 unspecified atom stereocenters. The first-order valence-corrected chi connectivity index (χ1v) is 7.56. The molecule has 1 aromatic rings. The Labute approximate surface area is 119 Å². The van der Waals surface area contributed by atoms with Crippen molar-refractivity contribution in [3.8, 4) is 5.75 Å². The molecule has 108 valence electrons. The summed E-state index contributed by atoms with van der Waals surface area (Å²) in [6.45, 7) is 3.44. The number of fused-ring (bicyclic) bond motifs is 2. The number of aryl methyl sites for hydroxylation is 1. The smallest absolute Gasteiger partial charge is 0.245 e. The Morgan fingerprint density at radius 3 is 3.05 bits per heavy atom. The van der Waals surface area contributed by atoms with E-state index in [1.165, 1.54) is 5.56 Å². The molecule has 3 rings (SSSR count). The van der Waals surface area contributed by atoms with E-state index in [-0.39, 0.29) is 5.91 Å².